The molecular formula is C10H3Cl2F3N2. The largest absolute Gasteiger partial charge is 0.432 e. The van der Waals surface area contributed by atoms with Gasteiger partial charge in [-0.3, -0.25) is 0 Å². The minimum atomic E-state index is -4.62. The van der Waals surface area contributed by atoms with Crippen molar-refractivity contribution in [1.29, 1.82) is 5.26 Å². The predicted molar refractivity (Wildman–Crippen MR) is 58.0 cm³/mol. The third-order valence-electron chi connectivity index (χ3n) is 2.23. The van der Waals surface area contributed by atoms with Crippen LogP contribution in [-0.2, 0) is 6.18 Å². The van der Waals surface area contributed by atoms with E-state index in [1.807, 2.05) is 0 Å². The Balaban J connectivity index is 2.87. The van der Waals surface area contributed by atoms with E-state index in [1.165, 1.54) is 18.2 Å². The summed E-state index contributed by atoms with van der Waals surface area (Å²) in [4.78, 5) is 2.13. The molecule has 1 N–H and O–H groups in total. The maximum absolute atomic E-state index is 12.6. The number of fused-ring (bicyclic) bond motifs is 1. The molecule has 0 aliphatic rings. The highest BCUT2D eigenvalue weighted by atomic mass is 35.5. The monoisotopic (exact) mass is 278 g/mol. The molecule has 0 saturated heterocycles. The van der Waals surface area contributed by atoms with Gasteiger partial charge in [0.15, 0.2) is 0 Å². The number of nitrogens with one attached hydrogen (secondary N) is 1. The molecule has 0 fully saturated rings. The van der Waals surface area contributed by atoms with Crippen LogP contribution in [0.2, 0.25) is 10.0 Å². The number of hydrogen-bond donors (Lipinski definition) is 1. The summed E-state index contributed by atoms with van der Waals surface area (Å²) in [5, 5.41) is 9.11. The van der Waals surface area contributed by atoms with Crippen LogP contribution in [0.3, 0.4) is 0 Å². The fraction of sp³-hybridized carbons (Fsp3) is 0.100. The van der Waals surface area contributed by atoms with E-state index < -0.39 is 17.4 Å². The van der Waals surface area contributed by atoms with Crippen molar-refractivity contribution in [2.75, 3.05) is 0 Å². The van der Waals surface area contributed by atoms with Crippen LogP contribution in [0.15, 0.2) is 12.1 Å². The van der Waals surface area contributed by atoms with E-state index in [0.29, 0.717) is 0 Å². The average Bonchev–Trinajstić information content (AvgIpc) is 2.56. The van der Waals surface area contributed by atoms with Crippen molar-refractivity contribution in [3.05, 3.63) is 33.4 Å². The van der Waals surface area contributed by atoms with Crippen LogP contribution in [0.25, 0.3) is 10.9 Å². The van der Waals surface area contributed by atoms with Gasteiger partial charge in [-0.25, -0.2) is 0 Å². The average molecular weight is 279 g/mol. The molecule has 0 aliphatic carbocycles. The second-order valence-electron chi connectivity index (χ2n) is 3.30. The Hall–Kier alpha value is -1.38. The Kier molecular flexibility index (Phi) is 2.72. The van der Waals surface area contributed by atoms with Crippen molar-refractivity contribution < 1.29 is 13.2 Å². The SMILES string of the molecule is N#Cc1c(C(F)(F)F)[nH]c2cc(Cl)c(Cl)cc12. The first kappa shape index (κ1) is 12.1. The zero-order valence-electron chi connectivity index (χ0n) is 7.99. The number of nitrogens with zero attached hydrogens (tertiary/aromatic N) is 1. The number of aromatic amines is 1. The third kappa shape index (κ3) is 1.94. The topological polar surface area (TPSA) is 39.6 Å². The number of H-pyrrole nitrogens is 1. The molecule has 2 aromatic rings. The first-order valence-corrected chi connectivity index (χ1v) is 5.08. The van der Waals surface area contributed by atoms with Crippen molar-refractivity contribution in [3.63, 3.8) is 0 Å². The number of benzene rings is 1. The number of nitriles is 1. The molecule has 1 heterocycles. The summed E-state index contributed by atoms with van der Waals surface area (Å²) < 4.78 is 37.9. The van der Waals surface area contributed by atoms with Crippen LogP contribution in [-0.4, -0.2) is 4.98 Å². The Morgan fingerprint density at radius 2 is 1.76 bits per heavy atom. The fourth-order valence-electron chi connectivity index (χ4n) is 1.52. The Bertz CT molecular complexity index is 638. The maximum atomic E-state index is 12.6. The van der Waals surface area contributed by atoms with Gasteiger partial charge in [0.2, 0.25) is 0 Å². The second-order valence-corrected chi connectivity index (χ2v) is 4.11. The molecule has 2 rings (SSSR count). The fourth-order valence-corrected chi connectivity index (χ4v) is 1.84. The van der Waals surface area contributed by atoms with Gasteiger partial charge in [0.25, 0.3) is 0 Å². The first-order chi connectivity index (χ1) is 7.84. The molecule has 17 heavy (non-hydrogen) atoms. The van der Waals surface area contributed by atoms with E-state index >= 15 is 0 Å². The molecule has 0 unspecified atom stereocenters. The molecule has 0 saturated carbocycles. The normalized spacial score (nSPS) is 11.8. The van der Waals surface area contributed by atoms with E-state index in [0.717, 1.165) is 0 Å². The van der Waals surface area contributed by atoms with Gasteiger partial charge in [-0.15, -0.1) is 0 Å². The van der Waals surface area contributed by atoms with Crippen molar-refractivity contribution in [2.24, 2.45) is 0 Å². The molecule has 88 valence electrons. The minimum Gasteiger partial charge on any atom is -0.350 e. The van der Waals surface area contributed by atoms with Gasteiger partial charge in [-0.05, 0) is 12.1 Å². The highest BCUT2D eigenvalue weighted by Gasteiger charge is 2.36. The van der Waals surface area contributed by atoms with E-state index in [4.69, 9.17) is 28.5 Å². The Morgan fingerprint density at radius 1 is 1.18 bits per heavy atom. The smallest absolute Gasteiger partial charge is 0.350 e. The van der Waals surface area contributed by atoms with E-state index in [-0.39, 0.29) is 20.9 Å². The minimum absolute atomic E-state index is 0.100. The quantitative estimate of drug-likeness (QED) is 0.764. The number of rotatable bonds is 0. The van der Waals surface area contributed by atoms with Gasteiger partial charge in [-0.1, -0.05) is 23.2 Å². The molecule has 0 spiro atoms. The summed E-state index contributed by atoms with van der Waals surface area (Å²) in [5.41, 5.74) is -1.44. The summed E-state index contributed by atoms with van der Waals surface area (Å²) in [6, 6.07) is 4.02. The zero-order valence-corrected chi connectivity index (χ0v) is 9.50. The van der Waals surface area contributed by atoms with Crippen LogP contribution < -0.4 is 0 Å². The molecular weight excluding hydrogens is 276 g/mol. The predicted octanol–water partition coefficient (Wildman–Crippen LogP) is 4.37. The molecule has 1 aromatic heterocycles. The van der Waals surface area contributed by atoms with Crippen molar-refractivity contribution in [3.8, 4) is 6.07 Å². The molecule has 1 aromatic carbocycles. The maximum Gasteiger partial charge on any atom is 0.432 e. The van der Waals surface area contributed by atoms with Gasteiger partial charge < -0.3 is 4.98 Å². The van der Waals surface area contributed by atoms with Gasteiger partial charge >= 0.3 is 6.18 Å². The van der Waals surface area contributed by atoms with Crippen LogP contribution in [0.4, 0.5) is 13.2 Å². The van der Waals surface area contributed by atoms with Crippen LogP contribution in [0.1, 0.15) is 11.3 Å². The first-order valence-electron chi connectivity index (χ1n) is 4.32. The number of aromatic nitrogens is 1. The highest BCUT2D eigenvalue weighted by molar-refractivity contribution is 6.42. The lowest BCUT2D eigenvalue weighted by Crippen LogP contribution is -2.07. The molecule has 0 bridgehead atoms. The third-order valence-corrected chi connectivity index (χ3v) is 2.96. The standard InChI is InChI=1S/C10H3Cl2F3N2/c11-6-1-4-5(3-16)9(10(13,14)15)17-8(4)2-7(6)12/h1-2,17H. The van der Waals surface area contributed by atoms with Crippen molar-refractivity contribution >= 4 is 34.1 Å². The number of alkyl halides is 3. The highest BCUT2D eigenvalue weighted by Crippen LogP contribution is 2.37. The Morgan fingerprint density at radius 3 is 2.29 bits per heavy atom. The van der Waals surface area contributed by atoms with Crippen molar-refractivity contribution in [2.45, 2.75) is 6.18 Å². The molecule has 0 aliphatic heterocycles. The summed E-state index contributed by atoms with van der Waals surface area (Å²) in [7, 11) is 0. The van der Waals surface area contributed by atoms with Crippen molar-refractivity contribution in [1.82, 2.24) is 4.98 Å². The van der Waals surface area contributed by atoms with E-state index in [1.54, 1.807) is 0 Å². The van der Waals surface area contributed by atoms with Gasteiger partial charge in [0.05, 0.1) is 15.6 Å². The summed E-state index contributed by atoms with van der Waals surface area (Å²) in [6.07, 6.45) is -4.62. The Labute approximate surface area is 104 Å². The van der Waals surface area contributed by atoms with Gasteiger partial charge in [0, 0.05) is 10.9 Å². The molecule has 0 atom stereocenters. The lowest BCUT2D eigenvalue weighted by Gasteiger charge is -2.02. The number of halogens is 5. The summed E-state index contributed by atoms with van der Waals surface area (Å²) >= 11 is 11.4. The molecule has 0 radical (unpaired) electrons. The van der Waals surface area contributed by atoms with Crippen LogP contribution in [0, 0.1) is 11.3 Å². The molecule has 2 nitrogen and oxygen atoms in total. The van der Waals surface area contributed by atoms with Crippen LogP contribution in [0.5, 0.6) is 0 Å². The van der Waals surface area contributed by atoms with Crippen LogP contribution >= 0.6 is 23.2 Å². The number of hydrogen-bond acceptors (Lipinski definition) is 1. The van der Waals surface area contributed by atoms with Gasteiger partial charge in [0.1, 0.15) is 11.8 Å². The molecule has 7 heteroatoms. The summed E-state index contributed by atoms with van der Waals surface area (Å²) in [5.74, 6) is 0. The lowest BCUT2D eigenvalue weighted by molar-refractivity contribution is -0.140. The van der Waals surface area contributed by atoms with E-state index in [9.17, 15) is 13.2 Å². The zero-order chi connectivity index (χ0) is 12.8. The second kappa shape index (κ2) is 3.83. The van der Waals surface area contributed by atoms with Gasteiger partial charge in [-0.2, -0.15) is 18.4 Å². The van der Waals surface area contributed by atoms with E-state index in [2.05, 4.69) is 4.98 Å². The lowest BCUT2D eigenvalue weighted by atomic mass is 10.1. The summed E-state index contributed by atoms with van der Waals surface area (Å²) in [6.45, 7) is 0. The molecule has 0 amide bonds.